The molecule has 4 aromatic rings. The molecule has 2 amide bonds. The van der Waals surface area contributed by atoms with E-state index in [-0.39, 0.29) is 17.6 Å². The Balaban J connectivity index is 1.47. The van der Waals surface area contributed by atoms with Crippen LogP contribution in [0.25, 0.3) is 16.9 Å². The molecule has 0 unspecified atom stereocenters. The number of carbonyl (C=O) groups excluding carboxylic acids is 2. The Morgan fingerprint density at radius 3 is 2.39 bits per heavy atom. The van der Waals surface area contributed by atoms with Crippen molar-refractivity contribution < 1.29 is 18.7 Å². The van der Waals surface area contributed by atoms with E-state index in [1.807, 2.05) is 54.7 Å². The van der Waals surface area contributed by atoms with E-state index in [2.05, 4.69) is 21.2 Å². The summed E-state index contributed by atoms with van der Waals surface area (Å²) in [6.45, 7) is 3.64. The molecule has 0 spiro atoms. The Kier molecular flexibility index (Phi) is 7.40. The van der Waals surface area contributed by atoms with E-state index in [1.54, 1.807) is 28.6 Å². The fourth-order valence-electron chi connectivity index (χ4n) is 4.48. The predicted molar refractivity (Wildman–Crippen MR) is 146 cm³/mol. The average molecular weight is 577 g/mol. The number of benzene rings is 3. The lowest BCUT2D eigenvalue weighted by Gasteiger charge is -2.23. The molecule has 5 rings (SSSR count). The number of amides is 2. The normalized spacial score (nSPS) is 17.2. The Bertz CT molecular complexity index is 1450. The van der Waals surface area contributed by atoms with Crippen molar-refractivity contribution in [3.05, 3.63) is 100 Å². The van der Waals surface area contributed by atoms with Gasteiger partial charge < -0.3 is 15.0 Å². The van der Waals surface area contributed by atoms with E-state index in [9.17, 15) is 14.0 Å². The zero-order valence-corrected chi connectivity index (χ0v) is 22.5. The molecule has 1 N–H and O–H groups in total. The second kappa shape index (κ2) is 10.9. The molecular formula is C29H26BrFN4O3. The third-order valence-electron chi connectivity index (χ3n) is 6.38. The molecule has 0 saturated carbocycles. The van der Waals surface area contributed by atoms with Crippen LogP contribution in [0.15, 0.2) is 83.5 Å². The maximum Gasteiger partial charge on any atom is 0.253 e. The van der Waals surface area contributed by atoms with Gasteiger partial charge in [-0.25, -0.2) is 9.07 Å². The number of ether oxygens (including phenoxy) is 1. The van der Waals surface area contributed by atoms with Crippen LogP contribution in [0.2, 0.25) is 0 Å². The highest BCUT2D eigenvalue weighted by Gasteiger charge is 2.40. The molecule has 7 nitrogen and oxygen atoms in total. The fourth-order valence-corrected chi connectivity index (χ4v) is 4.74. The minimum Gasteiger partial charge on any atom is -0.341 e. The van der Waals surface area contributed by atoms with Crippen molar-refractivity contribution >= 4 is 33.4 Å². The van der Waals surface area contributed by atoms with Crippen LogP contribution >= 0.6 is 15.9 Å². The van der Waals surface area contributed by atoms with Crippen molar-refractivity contribution in [3.63, 3.8) is 0 Å². The second-order valence-corrected chi connectivity index (χ2v) is 10.1. The lowest BCUT2D eigenvalue weighted by atomic mass is 10.1. The lowest BCUT2D eigenvalue weighted by Crippen LogP contribution is -2.32. The highest BCUT2D eigenvalue weighted by molar-refractivity contribution is 9.10. The number of rotatable bonds is 7. The molecule has 2 heterocycles. The molecule has 1 aliphatic heterocycles. The first-order chi connectivity index (χ1) is 18.3. The van der Waals surface area contributed by atoms with Crippen molar-refractivity contribution in [1.82, 2.24) is 14.7 Å². The lowest BCUT2D eigenvalue weighted by molar-refractivity contribution is -0.130. The average Bonchev–Trinajstić information content (AvgIpc) is 3.45. The zero-order valence-electron chi connectivity index (χ0n) is 20.9. The molecule has 1 aromatic heterocycles. The molecular weight excluding hydrogens is 551 g/mol. The van der Waals surface area contributed by atoms with E-state index in [0.29, 0.717) is 18.7 Å². The molecule has 0 bridgehead atoms. The van der Waals surface area contributed by atoms with Gasteiger partial charge in [-0.15, -0.1) is 0 Å². The summed E-state index contributed by atoms with van der Waals surface area (Å²) in [5.74, 6) is -0.573. The van der Waals surface area contributed by atoms with E-state index >= 15 is 0 Å². The van der Waals surface area contributed by atoms with Gasteiger partial charge in [0.2, 0.25) is 5.91 Å². The van der Waals surface area contributed by atoms with Gasteiger partial charge in [0.05, 0.1) is 5.69 Å². The number of hydrogen-bond acceptors (Lipinski definition) is 4. The van der Waals surface area contributed by atoms with Crippen molar-refractivity contribution in [1.29, 1.82) is 0 Å². The molecule has 3 aromatic carbocycles. The first kappa shape index (κ1) is 25.8. The summed E-state index contributed by atoms with van der Waals surface area (Å²) >= 11 is 3.46. The van der Waals surface area contributed by atoms with Crippen molar-refractivity contribution in [2.75, 3.05) is 11.9 Å². The summed E-state index contributed by atoms with van der Waals surface area (Å²) in [7, 11) is 0. The highest BCUT2D eigenvalue weighted by Crippen LogP contribution is 2.37. The number of carbonyl (C=O) groups is 2. The van der Waals surface area contributed by atoms with Gasteiger partial charge >= 0.3 is 0 Å². The van der Waals surface area contributed by atoms with E-state index in [0.717, 1.165) is 32.5 Å². The van der Waals surface area contributed by atoms with Crippen LogP contribution in [-0.4, -0.2) is 39.1 Å². The maximum atomic E-state index is 13.7. The summed E-state index contributed by atoms with van der Waals surface area (Å²) in [6, 6.07) is 21.4. The number of nitrogens with one attached hydrogen (secondary N) is 1. The first-order valence-corrected chi connectivity index (χ1v) is 13.0. The van der Waals surface area contributed by atoms with Gasteiger partial charge in [0.15, 0.2) is 6.23 Å². The monoisotopic (exact) mass is 576 g/mol. The Labute approximate surface area is 228 Å². The van der Waals surface area contributed by atoms with Crippen LogP contribution in [0.5, 0.6) is 0 Å². The maximum absolute atomic E-state index is 13.7. The SMILES string of the molecule is CC(=O)Nc1ccc(CCN2C(=O)[C@@H](C)O[C@H]2c2cn(-c3ccc(Br)cc3)nc2-c2ccc(F)cc2)cc1. The smallest absolute Gasteiger partial charge is 0.253 e. The molecule has 1 aliphatic rings. The van der Waals surface area contributed by atoms with Crippen LogP contribution < -0.4 is 5.32 Å². The van der Waals surface area contributed by atoms with Gasteiger partial charge in [-0.1, -0.05) is 28.1 Å². The summed E-state index contributed by atoms with van der Waals surface area (Å²) in [6.07, 6.45) is 1.21. The number of halogens is 2. The molecule has 0 aliphatic carbocycles. The van der Waals surface area contributed by atoms with Gasteiger partial charge in [-0.2, -0.15) is 5.10 Å². The summed E-state index contributed by atoms with van der Waals surface area (Å²) in [5, 5.41) is 7.57. The molecule has 38 heavy (non-hydrogen) atoms. The number of aromatic nitrogens is 2. The third kappa shape index (κ3) is 5.54. The van der Waals surface area contributed by atoms with Crippen LogP contribution in [0, 0.1) is 5.82 Å². The second-order valence-electron chi connectivity index (χ2n) is 9.15. The van der Waals surface area contributed by atoms with Gasteiger partial charge in [0, 0.05) is 41.0 Å². The van der Waals surface area contributed by atoms with Gasteiger partial charge in [0.25, 0.3) is 5.91 Å². The van der Waals surface area contributed by atoms with Crippen molar-refractivity contribution in [2.45, 2.75) is 32.6 Å². The van der Waals surface area contributed by atoms with Crippen LogP contribution in [0.1, 0.15) is 31.2 Å². The minimum atomic E-state index is -0.652. The van der Waals surface area contributed by atoms with E-state index in [4.69, 9.17) is 9.84 Å². The summed E-state index contributed by atoms with van der Waals surface area (Å²) < 4.78 is 22.6. The zero-order chi connectivity index (χ0) is 26.8. The molecule has 9 heteroatoms. The highest BCUT2D eigenvalue weighted by atomic mass is 79.9. The van der Waals surface area contributed by atoms with Crippen molar-refractivity contribution in [2.24, 2.45) is 0 Å². The largest absolute Gasteiger partial charge is 0.341 e. The van der Waals surface area contributed by atoms with Gasteiger partial charge in [-0.3, -0.25) is 9.59 Å². The van der Waals surface area contributed by atoms with Crippen LogP contribution in [-0.2, 0) is 20.7 Å². The first-order valence-electron chi connectivity index (χ1n) is 12.2. The topological polar surface area (TPSA) is 76.5 Å². The summed E-state index contributed by atoms with van der Waals surface area (Å²) in [4.78, 5) is 26.2. The quantitative estimate of drug-likeness (QED) is 0.298. The molecule has 0 radical (unpaired) electrons. The van der Waals surface area contributed by atoms with Crippen molar-refractivity contribution in [3.8, 4) is 16.9 Å². The Hall–Kier alpha value is -3.82. The predicted octanol–water partition coefficient (Wildman–Crippen LogP) is 5.89. The van der Waals surface area contributed by atoms with E-state index < -0.39 is 12.3 Å². The van der Waals surface area contributed by atoms with Gasteiger partial charge in [-0.05, 0) is 79.6 Å². The standard InChI is InChI=1S/C29H26BrFN4O3/c1-18-28(37)34(16-15-20-3-11-24(12-4-20)32-19(2)36)29(38-18)26-17-35(25-13-7-22(30)8-14-25)33-27(26)21-5-9-23(31)10-6-21/h3-14,17-18,29H,15-16H2,1-2H3,(H,32,36)/t18-,29+/m1/s1. The Morgan fingerprint density at radius 1 is 1.05 bits per heavy atom. The number of hydrogen-bond donors (Lipinski definition) is 1. The molecule has 1 fully saturated rings. The van der Waals surface area contributed by atoms with Gasteiger partial charge in [0.1, 0.15) is 17.6 Å². The summed E-state index contributed by atoms with van der Waals surface area (Å²) in [5.41, 5.74) is 4.64. The van der Waals surface area contributed by atoms with Crippen LogP contribution in [0.4, 0.5) is 10.1 Å². The Morgan fingerprint density at radius 2 is 1.74 bits per heavy atom. The molecule has 1 saturated heterocycles. The van der Waals surface area contributed by atoms with Crippen LogP contribution in [0.3, 0.4) is 0 Å². The minimum absolute atomic E-state index is 0.105. The molecule has 194 valence electrons. The number of anilines is 1. The fraction of sp³-hybridized carbons (Fsp3) is 0.207. The number of nitrogens with zero attached hydrogens (tertiary/aromatic N) is 3. The van der Waals surface area contributed by atoms with E-state index in [1.165, 1.54) is 19.1 Å². The third-order valence-corrected chi connectivity index (χ3v) is 6.91. The molecule has 2 atom stereocenters.